The van der Waals surface area contributed by atoms with Crippen LogP contribution in [0.1, 0.15) is 5.89 Å². The van der Waals surface area contributed by atoms with Crippen LogP contribution in [0, 0.1) is 0 Å². The van der Waals surface area contributed by atoms with E-state index in [0.29, 0.717) is 17.5 Å². The highest BCUT2D eigenvalue weighted by Crippen LogP contribution is 2.24. The van der Waals surface area contributed by atoms with Gasteiger partial charge in [-0.1, -0.05) is 23.4 Å². The second-order valence-electron chi connectivity index (χ2n) is 4.34. The van der Waals surface area contributed by atoms with Crippen molar-refractivity contribution >= 4 is 11.8 Å². The lowest BCUT2D eigenvalue weighted by atomic mass is 10.2. The Balaban J connectivity index is 1.68. The zero-order valence-electron chi connectivity index (χ0n) is 11.5. The molecule has 0 spiro atoms. The van der Waals surface area contributed by atoms with E-state index in [4.69, 9.17) is 9.26 Å². The van der Waals surface area contributed by atoms with E-state index in [1.165, 1.54) is 4.90 Å². The lowest BCUT2D eigenvalue weighted by molar-refractivity contribution is 0.391. The molecule has 1 aromatic heterocycles. The maximum Gasteiger partial charge on any atom is 0.237 e. The highest BCUT2D eigenvalue weighted by molar-refractivity contribution is 7.98. The van der Waals surface area contributed by atoms with Gasteiger partial charge in [0.2, 0.25) is 11.7 Å². The van der Waals surface area contributed by atoms with E-state index in [0.717, 1.165) is 11.3 Å². The predicted octanol–water partition coefficient (Wildman–Crippen LogP) is 4.04. The average molecular weight is 298 g/mol. The molecule has 0 aliphatic heterocycles. The molecule has 0 amide bonds. The molecule has 0 bridgehead atoms. The number of nitrogens with zero attached hydrogens (tertiary/aromatic N) is 2. The summed E-state index contributed by atoms with van der Waals surface area (Å²) in [4.78, 5) is 5.59. The van der Waals surface area contributed by atoms with Crippen LogP contribution in [-0.2, 0) is 5.75 Å². The van der Waals surface area contributed by atoms with Gasteiger partial charge in [0.1, 0.15) is 5.75 Å². The molecule has 0 unspecified atom stereocenters. The minimum atomic E-state index is 0.598. The summed E-state index contributed by atoms with van der Waals surface area (Å²) in [5, 5.41) is 4.01. The Labute approximate surface area is 127 Å². The third-order valence-corrected chi connectivity index (χ3v) is 3.92. The minimum Gasteiger partial charge on any atom is -0.497 e. The summed E-state index contributed by atoms with van der Waals surface area (Å²) in [5.41, 5.74) is 0.913. The van der Waals surface area contributed by atoms with Crippen LogP contribution in [0.5, 0.6) is 5.75 Å². The van der Waals surface area contributed by atoms with Gasteiger partial charge in [0, 0.05) is 10.5 Å². The third-order valence-electron chi connectivity index (χ3n) is 2.92. The number of rotatable bonds is 5. The van der Waals surface area contributed by atoms with Crippen LogP contribution in [0.3, 0.4) is 0 Å². The maximum atomic E-state index is 5.28. The fourth-order valence-corrected chi connectivity index (χ4v) is 2.59. The molecular formula is C16H14N2O2S. The predicted molar refractivity (Wildman–Crippen MR) is 82.3 cm³/mol. The van der Waals surface area contributed by atoms with E-state index in [1.54, 1.807) is 18.9 Å². The summed E-state index contributed by atoms with van der Waals surface area (Å²) in [6, 6.07) is 17.7. The van der Waals surface area contributed by atoms with Crippen molar-refractivity contribution in [1.82, 2.24) is 10.1 Å². The number of ether oxygens (including phenoxy) is 1. The van der Waals surface area contributed by atoms with Gasteiger partial charge in [-0.15, -0.1) is 11.8 Å². The largest absolute Gasteiger partial charge is 0.497 e. The van der Waals surface area contributed by atoms with Crippen LogP contribution in [0.15, 0.2) is 64.0 Å². The number of hydrogen-bond acceptors (Lipinski definition) is 5. The Hall–Kier alpha value is -2.27. The Kier molecular flexibility index (Phi) is 4.21. The number of aromatic nitrogens is 2. The average Bonchev–Trinajstić information content (AvgIpc) is 3.03. The van der Waals surface area contributed by atoms with Gasteiger partial charge in [-0.2, -0.15) is 4.98 Å². The molecule has 0 saturated carbocycles. The highest BCUT2D eigenvalue weighted by Gasteiger charge is 2.09. The van der Waals surface area contributed by atoms with E-state index in [2.05, 4.69) is 22.3 Å². The molecule has 3 rings (SSSR count). The van der Waals surface area contributed by atoms with Crippen LogP contribution in [-0.4, -0.2) is 17.3 Å². The summed E-state index contributed by atoms with van der Waals surface area (Å²) in [6.07, 6.45) is 0. The van der Waals surface area contributed by atoms with E-state index in [9.17, 15) is 0 Å². The van der Waals surface area contributed by atoms with Crippen molar-refractivity contribution in [3.05, 3.63) is 60.5 Å². The molecule has 2 aromatic carbocycles. The third kappa shape index (κ3) is 3.44. The number of methoxy groups -OCH3 is 1. The molecular weight excluding hydrogens is 284 g/mol. The smallest absolute Gasteiger partial charge is 0.237 e. The molecule has 1 heterocycles. The standard InChI is InChI=1S/C16H14N2O2S/c1-19-13-9-7-12(8-10-13)16-17-15(20-18-16)11-21-14-5-3-2-4-6-14/h2-10H,11H2,1H3. The summed E-state index contributed by atoms with van der Waals surface area (Å²) in [7, 11) is 1.64. The van der Waals surface area contributed by atoms with Gasteiger partial charge < -0.3 is 9.26 Å². The molecule has 0 N–H and O–H groups in total. The summed E-state index contributed by atoms with van der Waals surface area (Å²) < 4.78 is 10.4. The van der Waals surface area contributed by atoms with Crippen LogP contribution in [0.4, 0.5) is 0 Å². The molecule has 0 saturated heterocycles. The normalized spacial score (nSPS) is 10.5. The first-order valence-corrected chi connectivity index (χ1v) is 7.48. The lowest BCUT2D eigenvalue weighted by Crippen LogP contribution is -1.85. The second kappa shape index (κ2) is 6.45. The van der Waals surface area contributed by atoms with Gasteiger partial charge in [0.25, 0.3) is 0 Å². The van der Waals surface area contributed by atoms with Gasteiger partial charge in [0.15, 0.2) is 0 Å². The van der Waals surface area contributed by atoms with Crippen LogP contribution in [0.2, 0.25) is 0 Å². The summed E-state index contributed by atoms with van der Waals surface area (Å²) in [6.45, 7) is 0. The molecule has 4 nitrogen and oxygen atoms in total. The molecule has 0 aliphatic carbocycles. The number of benzene rings is 2. The SMILES string of the molecule is COc1ccc(-c2noc(CSc3ccccc3)n2)cc1. The Bertz CT molecular complexity index is 696. The van der Waals surface area contributed by atoms with Gasteiger partial charge in [0.05, 0.1) is 12.9 Å². The maximum absolute atomic E-state index is 5.28. The first-order valence-electron chi connectivity index (χ1n) is 6.50. The highest BCUT2D eigenvalue weighted by atomic mass is 32.2. The Morgan fingerprint density at radius 3 is 2.52 bits per heavy atom. The molecule has 0 atom stereocenters. The fraction of sp³-hybridized carbons (Fsp3) is 0.125. The van der Waals surface area contributed by atoms with Crippen molar-refractivity contribution in [3.8, 4) is 17.1 Å². The summed E-state index contributed by atoms with van der Waals surface area (Å²) in [5.74, 6) is 2.69. The van der Waals surface area contributed by atoms with Crippen LogP contribution >= 0.6 is 11.8 Å². The Morgan fingerprint density at radius 2 is 1.81 bits per heavy atom. The molecule has 106 valence electrons. The topological polar surface area (TPSA) is 48.2 Å². The van der Waals surface area contributed by atoms with E-state index in [1.807, 2.05) is 42.5 Å². The first-order chi connectivity index (χ1) is 10.3. The molecule has 21 heavy (non-hydrogen) atoms. The first kappa shape index (κ1) is 13.7. The van der Waals surface area contributed by atoms with Crippen LogP contribution in [0.25, 0.3) is 11.4 Å². The van der Waals surface area contributed by atoms with Gasteiger partial charge in [-0.3, -0.25) is 0 Å². The van der Waals surface area contributed by atoms with Crippen molar-refractivity contribution in [2.45, 2.75) is 10.6 Å². The zero-order valence-corrected chi connectivity index (χ0v) is 12.3. The monoisotopic (exact) mass is 298 g/mol. The number of thioether (sulfide) groups is 1. The number of hydrogen-bond donors (Lipinski definition) is 0. The van der Waals surface area contributed by atoms with Crippen LogP contribution < -0.4 is 4.74 Å². The molecule has 0 fully saturated rings. The second-order valence-corrected chi connectivity index (χ2v) is 5.39. The lowest BCUT2D eigenvalue weighted by Gasteiger charge is -1.99. The van der Waals surface area contributed by atoms with Gasteiger partial charge in [-0.05, 0) is 36.4 Å². The summed E-state index contributed by atoms with van der Waals surface area (Å²) >= 11 is 1.67. The van der Waals surface area contributed by atoms with Gasteiger partial charge in [-0.25, -0.2) is 0 Å². The quantitative estimate of drug-likeness (QED) is 0.665. The van der Waals surface area contributed by atoms with Crippen molar-refractivity contribution in [2.75, 3.05) is 7.11 Å². The zero-order chi connectivity index (χ0) is 14.5. The Morgan fingerprint density at radius 1 is 1.05 bits per heavy atom. The van der Waals surface area contributed by atoms with E-state index >= 15 is 0 Å². The van der Waals surface area contributed by atoms with Crippen molar-refractivity contribution in [2.24, 2.45) is 0 Å². The fourth-order valence-electron chi connectivity index (χ4n) is 1.83. The van der Waals surface area contributed by atoms with Gasteiger partial charge >= 0.3 is 0 Å². The van der Waals surface area contributed by atoms with Crippen molar-refractivity contribution in [3.63, 3.8) is 0 Å². The van der Waals surface area contributed by atoms with E-state index < -0.39 is 0 Å². The van der Waals surface area contributed by atoms with Crippen molar-refractivity contribution in [1.29, 1.82) is 0 Å². The molecule has 5 heteroatoms. The molecule has 3 aromatic rings. The van der Waals surface area contributed by atoms with E-state index in [-0.39, 0.29) is 0 Å². The molecule has 0 radical (unpaired) electrons. The minimum absolute atomic E-state index is 0.598. The van der Waals surface area contributed by atoms with Crippen molar-refractivity contribution < 1.29 is 9.26 Å². The molecule has 0 aliphatic rings.